The molecule has 2 aromatic rings. The van der Waals surface area contributed by atoms with Gasteiger partial charge in [0.15, 0.2) is 23.1 Å². The molecule has 3 aliphatic heterocycles. The lowest BCUT2D eigenvalue weighted by molar-refractivity contribution is -0.122. The van der Waals surface area contributed by atoms with Crippen molar-refractivity contribution < 1.29 is 31.5 Å². The van der Waals surface area contributed by atoms with Gasteiger partial charge in [0.05, 0.1) is 24.4 Å². The molecule has 0 aliphatic carbocycles. The quantitative estimate of drug-likeness (QED) is 0.440. The summed E-state index contributed by atoms with van der Waals surface area (Å²) >= 11 is 0. The molecule has 1 aromatic heterocycles. The van der Waals surface area contributed by atoms with Crippen LogP contribution < -0.4 is 5.32 Å². The van der Waals surface area contributed by atoms with E-state index >= 15 is 0 Å². The zero-order valence-electron chi connectivity index (χ0n) is 20.7. The Labute approximate surface area is 216 Å². The summed E-state index contributed by atoms with van der Waals surface area (Å²) in [4.78, 5) is 22.3. The summed E-state index contributed by atoms with van der Waals surface area (Å²) < 4.78 is 76.3. The third-order valence-corrected chi connectivity index (χ3v) is 7.64. The summed E-state index contributed by atoms with van der Waals surface area (Å²) in [6, 6.07) is 5.41. The summed E-state index contributed by atoms with van der Waals surface area (Å²) in [6.07, 6.45) is -0.0501. The number of hydrogen-bond acceptors (Lipinski definition) is 5. The van der Waals surface area contributed by atoms with Crippen LogP contribution in [0.25, 0.3) is 0 Å². The molecule has 0 radical (unpaired) electrons. The van der Waals surface area contributed by atoms with Crippen LogP contribution in [0.2, 0.25) is 0 Å². The highest BCUT2D eigenvalue weighted by Gasteiger charge is 2.47. The van der Waals surface area contributed by atoms with E-state index < -0.39 is 35.1 Å². The number of piperidine rings is 1. The Hall–Kier alpha value is -3.18. The Morgan fingerprint density at radius 3 is 2.55 bits per heavy atom. The van der Waals surface area contributed by atoms with Gasteiger partial charge in [0.25, 0.3) is 6.43 Å². The van der Waals surface area contributed by atoms with Crippen LogP contribution >= 0.6 is 0 Å². The summed E-state index contributed by atoms with van der Waals surface area (Å²) in [5.41, 5.74) is -0.519. The van der Waals surface area contributed by atoms with Crippen LogP contribution in [-0.4, -0.2) is 60.0 Å². The molecule has 4 heterocycles. The summed E-state index contributed by atoms with van der Waals surface area (Å²) in [5.74, 6) is -3.62. The minimum absolute atomic E-state index is 0.195. The first-order valence-corrected chi connectivity index (χ1v) is 12.4. The number of pyridine rings is 1. The second kappa shape index (κ2) is 10.2. The maximum atomic E-state index is 14.6. The van der Waals surface area contributed by atoms with E-state index in [1.165, 1.54) is 12.3 Å². The van der Waals surface area contributed by atoms with Crippen molar-refractivity contribution in [2.45, 2.75) is 50.3 Å². The van der Waals surface area contributed by atoms with Crippen molar-refractivity contribution in [1.82, 2.24) is 15.2 Å². The fourth-order valence-corrected chi connectivity index (χ4v) is 5.66. The van der Waals surface area contributed by atoms with Gasteiger partial charge in [0, 0.05) is 39.2 Å². The van der Waals surface area contributed by atoms with Crippen molar-refractivity contribution in [2.75, 3.05) is 26.2 Å². The van der Waals surface area contributed by atoms with Gasteiger partial charge in [-0.1, -0.05) is 12.1 Å². The third kappa shape index (κ3) is 4.73. The second-order valence-corrected chi connectivity index (χ2v) is 9.98. The Balaban J connectivity index is 1.32. The van der Waals surface area contributed by atoms with E-state index in [4.69, 9.17) is 4.74 Å². The van der Waals surface area contributed by atoms with Crippen molar-refractivity contribution in [3.8, 4) is 0 Å². The molecular weight excluding hydrogens is 507 g/mol. The molecule has 0 bridgehead atoms. The number of amides is 1. The van der Waals surface area contributed by atoms with Crippen LogP contribution in [0, 0.1) is 11.6 Å². The van der Waals surface area contributed by atoms with Gasteiger partial charge in [-0.15, -0.1) is 0 Å². The van der Waals surface area contributed by atoms with Crippen LogP contribution in [0.1, 0.15) is 43.0 Å². The van der Waals surface area contributed by atoms with Gasteiger partial charge in [-0.25, -0.2) is 17.6 Å². The number of hydrogen-bond donors (Lipinski definition) is 1. The molecule has 0 saturated carbocycles. The minimum atomic E-state index is -3.20. The van der Waals surface area contributed by atoms with Gasteiger partial charge in [0.2, 0.25) is 5.91 Å². The van der Waals surface area contributed by atoms with E-state index in [0.717, 1.165) is 48.6 Å². The van der Waals surface area contributed by atoms with Crippen LogP contribution in [-0.2, 0) is 21.6 Å². The molecule has 202 valence electrons. The molecule has 1 amide bonds. The van der Waals surface area contributed by atoms with E-state index in [-0.39, 0.29) is 23.6 Å². The van der Waals surface area contributed by atoms with Gasteiger partial charge in [0.1, 0.15) is 0 Å². The number of carbonyl (C=O) groups is 1. The van der Waals surface area contributed by atoms with Crippen molar-refractivity contribution in [3.63, 3.8) is 0 Å². The first-order valence-electron chi connectivity index (χ1n) is 12.4. The number of aromatic nitrogens is 1. The Morgan fingerprint density at radius 1 is 1.16 bits per heavy atom. The van der Waals surface area contributed by atoms with Crippen molar-refractivity contribution in [1.29, 1.82) is 0 Å². The predicted molar refractivity (Wildman–Crippen MR) is 129 cm³/mol. The molecule has 38 heavy (non-hydrogen) atoms. The third-order valence-electron chi connectivity index (χ3n) is 7.64. The standard InChI is InChI=1S/C27H27F5N4O2/c1-16(37)35-27(25(31)32,19-3-4-21(28)22(29)11-19)23-5-2-17(12-33-23)14-36-8-6-26(7-9-36)20-13-34-24(30)10-18(20)15-38-26/h2-5,11-12,25H,6-10,13-15H2,1H3,(H,35,37). The van der Waals surface area contributed by atoms with Gasteiger partial charge in [-0.2, -0.15) is 4.39 Å². The molecule has 1 aromatic carbocycles. The van der Waals surface area contributed by atoms with E-state index in [1.807, 2.05) is 0 Å². The number of ether oxygens (including phenoxy) is 1. The van der Waals surface area contributed by atoms with Crippen molar-refractivity contribution in [2.24, 2.45) is 4.99 Å². The number of fused-ring (bicyclic) bond motifs is 1. The summed E-state index contributed by atoms with van der Waals surface area (Å²) in [6.45, 7) is 3.78. The first kappa shape index (κ1) is 26.4. The number of halogens is 5. The van der Waals surface area contributed by atoms with Crippen LogP contribution in [0.15, 0.2) is 52.7 Å². The van der Waals surface area contributed by atoms with Crippen LogP contribution in [0.4, 0.5) is 22.0 Å². The predicted octanol–water partition coefficient (Wildman–Crippen LogP) is 4.44. The molecule has 1 N–H and O–H groups in total. The van der Waals surface area contributed by atoms with Gasteiger partial charge in [-0.05, 0) is 53.3 Å². The zero-order valence-corrected chi connectivity index (χ0v) is 20.7. The zero-order chi connectivity index (χ0) is 27.1. The lowest BCUT2D eigenvalue weighted by atomic mass is 9.82. The molecule has 3 aliphatic rings. The molecule has 1 atom stereocenters. The number of alkyl halides is 2. The molecule has 6 nitrogen and oxygen atoms in total. The SMILES string of the molecule is CC(=O)NC(c1ccc(F)c(F)c1)(c1ccc(CN2CCC3(CC2)OCC2=C3CN=C(F)C2)cn1)C(F)F. The summed E-state index contributed by atoms with van der Waals surface area (Å²) in [7, 11) is 0. The fourth-order valence-electron chi connectivity index (χ4n) is 5.66. The largest absolute Gasteiger partial charge is 0.366 e. The molecule has 1 unspecified atom stereocenters. The highest BCUT2D eigenvalue weighted by molar-refractivity contribution is 5.79. The van der Waals surface area contributed by atoms with Gasteiger partial charge >= 0.3 is 0 Å². The molecule has 1 saturated heterocycles. The van der Waals surface area contributed by atoms with E-state index in [2.05, 4.69) is 20.2 Å². The number of nitrogens with zero attached hydrogens (tertiary/aromatic N) is 3. The van der Waals surface area contributed by atoms with E-state index in [1.54, 1.807) is 6.07 Å². The number of nitrogens with one attached hydrogen (secondary N) is 1. The lowest BCUT2D eigenvalue weighted by Crippen LogP contribution is -2.52. The Morgan fingerprint density at radius 2 is 1.92 bits per heavy atom. The highest BCUT2D eigenvalue weighted by atomic mass is 19.3. The molecule has 1 spiro atoms. The molecular formula is C27H27F5N4O2. The number of rotatable bonds is 6. The smallest absolute Gasteiger partial charge is 0.271 e. The van der Waals surface area contributed by atoms with Crippen molar-refractivity contribution >= 4 is 11.9 Å². The maximum absolute atomic E-state index is 14.6. The number of dihydropyridines is 1. The van der Waals surface area contributed by atoms with Crippen LogP contribution in [0.5, 0.6) is 0 Å². The Bertz CT molecular complexity index is 1290. The Kier molecular flexibility index (Phi) is 7.08. The molecule has 1 fully saturated rings. The second-order valence-electron chi connectivity index (χ2n) is 9.98. The van der Waals surface area contributed by atoms with Crippen molar-refractivity contribution in [3.05, 3.63) is 76.1 Å². The number of likely N-dealkylation sites (tertiary alicyclic amines) is 1. The van der Waals surface area contributed by atoms with Crippen LogP contribution in [0.3, 0.4) is 0 Å². The average molecular weight is 535 g/mol. The fraction of sp³-hybridized carbons (Fsp3) is 0.444. The average Bonchev–Trinajstić information content (AvgIpc) is 3.23. The number of benzene rings is 1. The molecule has 5 rings (SSSR count). The van der Waals surface area contributed by atoms with E-state index in [0.29, 0.717) is 38.9 Å². The minimum Gasteiger partial charge on any atom is -0.366 e. The first-order chi connectivity index (χ1) is 18.1. The normalized spacial score (nSPS) is 20.9. The maximum Gasteiger partial charge on any atom is 0.271 e. The summed E-state index contributed by atoms with van der Waals surface area (Å²) in [5, 5.41) is 2.22. The lowest BCUT2D eigenvalue weighted by Gasteiger charge is -2.40. The number of aliphatic imine (C=N–C) groups is 1. The van der Waals surface area contributed by atoms with E-state index in [9.17, 15) is 26.7 Å². The topological polar surface area (TPSA) is 66.8 Å². The number of carbonyl (C=O) groups excluding carboxylic acids is 1. The van der Waals surface area contributed by atoms with Gasteiger partial charge < -0.3 is 10.1 Å². The molecule has 11 heteroatoms. The monoisotopic (exact) mass is 534 g/mol. The van der Waals surface area contributed by atoms with Gasteiger partial charge in [-0.3, -0.25) is 19.7 Å². The highest BCUT2D eigenvalue weighted by Crippen LogP contribution is 2.43.